The van der Waals surface area contributed by atoms with Crippen LogP contribution in [-0.4, -0.2) is 0 Å². The van der Waals surface area contributed by atoms with E-state index in [1.165, 1.54) is 58.2 Å². The molecule has 238 valence electrons. The average molecular weight is 668 g/mol. The summed E-state index contributed by atoms with van der Waals surface area (Å²) in [6.07, 6.45) is 0. The average Bonchev–Trinajstić information content (AvgIpc) is 3.77. The van der Waals surface area contributed by atoms with E-state index in [0.717, 1.165) is 44.4 Å². The van der Waals surface area contributed by atoms with Gasteiger partial charge >= 0.3 is 0 Å². The van der Waals surface area contributed by atoms with Crippen molar-refractivity contribution < 1.29 is 4.42 Å². The quantitative estimate of drug-likeness (QED) is 0.174. The summed E-state index contributed by atoms with van der Waals surface area (Å²) in [7, 11) is 0. The van der Waals surface area contributed by atoms with Crippen LogP contribution in [0, 0.1) is 0 Å². The Hall–Kier alpha value is -6.42. The summed E-state index contributed by atoms with van der Waals surface area (Å²) in [5, 5.41) is 12.2. The third-order valence-corrected chi connectivity index (χ3v) is 11.6. The van der Waals surface area contributed by atoms with Gasteiger partial charge in [-0.1, -0.05) is 115 Å². The molecule has 2 heterocycles. The molecule has 51 heavy (non-hydrogen) atoms. The first-order chi connectivity index (χ1) is 25.3. The lowest BCUT2D eigenvalue weighted by atomic mass is 9.98. The molecule has 0 unspecified atom stereocenters. The Morgan fingerprint density at radius 2 is 1.00 bits per heavy atom. The second kappa shape index (κ2) is 11.0. The molecule has 0 radical (unpaired) electrons. The molecule has 0 spiro atoms. The summed E-state index contributed by atoms with van der Waals surface area (Å²) in [4.78, 5) is 2.36. The van der Waals surface area contributed by atoms with Gasteiger partial charge in [-0.05, 0) is 92.7 Å². The maximum absolute atomic E-state index is 6.68. The van der Waals surface area contributed by atoms with E-state index in [4.69, 9.17) is 4.42 Å². The second-order valence-electron chi connectivity index (χ2n) is 13.3. The molecule has 2 nitrogen and oxygen atoms in total. The minimum Gasteiger partial charge on any atom is -0.455 e. The minimum absolute atomic E-state index is 0.878. The van der Waals surface area contributed by atoms with Gasteiger partial charge in [-0.25, -0.2) is 0 Å². The van der Waals surface area contributed by atoms with E-state index in [1.54, 1.807) is 0 Å². The zero-order chi connectivity index (χ0) is 33.5. The van der Waals surface area contributed by atoms with Crippen LogP contribution < -0.4 is 4.90 Å². The van der Waals surface area contributed by atoms with Crippen LogP contribution in [0.5, 0.6) is 0 Å². The van der Waals surface area contributed by atoms with Crippen LogP contribution in [0.4, 0.5) is 17.1 Å². The molecule has 11 aromatic rings. The van der Waals surface area contributed by atoms with Crippen molar-refractivity contribution in [3.63, 3.8) is 0 Å². The summed E-state index contributed by atoms with van der Waals surface area (Å²) in [5.74, 6) is 0. The maximum atomic E-state index is 6.68. The molecule has 3 heteroatoms. The first-order valence-electron chi connectivity index (χ1n) is 17.3. The summed E-state index contributed by atoms with van der Waals surface area (Å²) < 4.78 is 9.31. The van der Waals surface area contributed by atoms with Crippen molar-refractivity contribution in [3.05, 3.63) is 176 Å². The number of fused-ring (bicyclic) bond motifs is 11. The van der Waals surface area contributed by atoms with Crippen molar-refractivity contribution in [2.45, 2.75) is 0 Å². The molecule has 0 saturated carbocycles. The number of hydrogen-bond acceptors (Lipinski definition) is 3. The fraction of sp³-hybridized carbons (Fsp3) is 0. The molecular formula is C48H29NOS. The van der Waals surface area contributed by atoms with Gasteiger partial charge in [0.2, 0.25) is 0 Å². The van der Waals surface area contributed by atoms with Gasteiger partial charge in [0.15, 0.2) is 0 Å². The number of benzene rings is 9. The first kappa shape index (κ1) is 28.4. The van der Waals surface area contributed by atoms with Gasteiger partial charge in [-0.3, -0.25) is 0 Å². The third-order valence-electron chi connectivity index (χ3n) is 10.4. The smallest absolute Gasteiger partial charge is 0.143 e. The zero-order valence-electron chi connectivity index (χ0n) is 27.5. The molecule has 0 aliphatic rings. The van der Waals surface area contributed by atoms with Crippen LogP contribution in [0.1, 0.15) is 0 Å². The monoisotopic (exact) mass is 667 g/mol. The molecular weight excluding hydrogens is 639 g/mol. The summed E-state index contributed by atoms with van der Waals surface area (Å²) >= 11 is 1.86. The van der Waals surface area contributed by atoms with Crippen molar-refractivity contribution >= 4 is 103 Å². The van der Waals surface area contributed by atoms with Crippen LogP contribution in [0.3, 0.4) is 0 Å². The van der Waals surface area contributed by atoms with Gasteiger partial charge in [0, 0.05) is 59.5 Å². The SMILES string of the molecule is c1ccc2c(c1)ccc1ccc(N(c3ccc(-c4cccc5sc6ccccc6c45)cc3)c3ccc4c(c3)oc3c5ccccc5ccc43)cc12. The normalized spacial score (nSPS) is 11.9. The van der Waals surface area contributed by atoms with Crippen LogP contribution in [0.2, 0.25) is 0 Å². The van der Waals surface area contributed by atoms with Crippen LogP contribution in [0.25, 0.3) is 85.6 Å². The zero-order valence-corrected chi connectivity index (χ0v) is 28.3. The number of furan rings is 1. The fourth-order valence-corrected chi connectivity index (χ4v) is 9.15. The van der Waals surface area contributed by atoms with Gasteiger partial charge in [-0.2, -0.15) is 0 Å². The molecule has 0 saturated heterocycles. The first-order valence-corrected chi connectivity index (χ1v) is 18.1. The number of anilines is 3. The van der Waals surface area contributed by atoms with Crippen LogP contribution in [0.15, 0.2) is 180 Å². The Balaban J connectivity index is 1.11. The van der Waals surface area contributed by atoms with Crippen molar-refractivity contribution in [2.75, 3.05) is 4.90 Å². The predicted octanol–water partition coefficient (Wildman–Crippen LogP) is 14.6. The lowest BCUT2D eigenvalue weighted by Gasteiger charge is -2.26. The van der Waals surface area contributed by atoms with E-state index < -0.39 is 0 Å². The lowest BCUT2D eigenvalue weighted by Crippen LogP contribution is -2.09. The standard InChI is InChI=1S/C48H29NOS/c1-3-10-37-30(8-1)16-17-33-20-24-35(28-43(33)37)49(36-25-27-40-41-26-21-31-9-2-4-11-39(31)48(41)50-44(40)29-36)34-22-18-32(19-23-34)38-13-7-15-46-47(38)42-12-5-6-14-45(42)51-46/h1-29H. The largest absolute Gasteiger partial charge is 0.455 e. The topological polar surface area (TPSA) is 16.4 Å². The molecule has 0 aliphatic heterocycles. The highest BCUT2D eigenvalue weighted by molar-refractivity contribution is 7.25. The number of thiophene rings is 1. The molecule has 0 bridgehead atoms. The number of hydrogen-bond donors (Lipinski definition) is 0. The van der Waals surface area contributed by atoms with Crippen molar-refractivity contribution in [2.24, 2.45) is 0 Å². The number of rotatable bonds is 4. The Bertz CT molecular complexity index is 3150. The van der Waals surface area contributed by atoms with Crippen LogP contribution >= 0.6 is 11.3 Å². The summed E-state index contributed by atoms with van der Waals surface area (Å²) in [6.45, 7) is 0. The molecule has 0 amide bonds. The molecule has 0 atom stereocenters. The fourth-order valence-electron chi connectivity index (χ4n) is 8.01. The van der Waals surface area contributed by atoms with E-state index in [1.807, 2.05) is 11.3 Å². The Labute approximate surface area is 298 Å². The van der Waals surface area contributed by atoms with Crippen molar-refractivity contribution in [1.82, 2.24) is 0 Å². The molecule has 0 N–H and O–H groups in total. The van der Waals surface area contributed by atoms with Crippen LogP contribution in [-0.2, 0) is 0 Å². The van der Waals surface area contributed by atoms with Gasteiger partial charge in [0.25, 0.3) is 0 Å². The van der Waals surface area contributed by atoms with Gasteiger partial charge < -0.3 is 9.32 Å². The predicted molar refractivity (Wildman–Crippen MR) is 219 cm³/mol. The van der Waals surface area contributed by atoms with E-state index >= 15 is 0 Å². The van der Waals surface area contributed by atoms with Gasteiger partial charge in [-0.15, -0.1) is 11.3 Å². The highest BCUT2D eigenvalue weighted by Gasteiger charge is 2.18. The highest BCUT2D eigenvalue weighted by atomic mass is 32.1. The number of nitrogens with zero attached hydrogens (tertiary/aromatic N) is 1. The Morgan fingerprint density at radius 3 is 1.86 bits per heavy atom. The molecule has 0 fully saturated rings. The van der Waals surface area contributed by atoms with E-state index in [0.29, 0.717) is 0 Å². The Kier molecular flexibility index (Phi) is 6.16. The molecule has 11 rings (SSSR count). The third kappa shape index (κ3) is 4.42. The second-order valence-corrected chi connectivity index (χ2v) is 14.4. The molecule has 9 aromatic carbocycles. The highest BCUT2D eigenvalue weighted by Crippen LogP contribution is 2.44. The maximum Gasteiger partial charge on any atom is 0.143 e. The Morgan fingerprint density at radius 1 is 0.392 bits per heavy atom. The molecule has 2 aromatic heterocycles. The summed E-state index contributed by atoms with van der Waals surface area (Å²) in [5.41, 5.74) is 7.50. The van der Waals surface area contributed by atoms with E-state index in [9.17, 15) is 0 Å². The van der Waals surface area contributed by atoms with Gasteiger partial charge in [0.05, 0.1) is 0 Å². The van der Waals surface area contributed by atoms with Crippen molar-refractivity contribution in [3.8, 4) is 11.1 Å². The van der Waals surface area contributed by atoms with E-state index in [-0.39, 0.29) is 0 Å². The van der Waals surface area contributed by atoms with Crippen molar-refractivity contribution in [1.29, 1.82) is 0 Å². The summed E-state index contributed by atoms with van der Waals surface area (Å²) in [6, 6.07) is 63.8. The molecule has 0 aliphatic carbocycles. The lowest BCUT2D eigenvalue weighted by molar-refractivity contribution is 0.672. The van der Waals surface area contributed by atoms with Gasteiger partial charge in [0.1, 0.15) is 11.2 Å². The minimum atomic E-state index is 0.878. The van der Waals surface area contributed by atoms with E-state index in [2.05, 4.69) is 181 Å².